The molecule has 0 fully saturated rings. The molecule has 0 radical (unpaired) electrons. The standard InChI is InChI=1S/C5H11N3O2/c1-3(4(9)10)8-5(6)7-2/h3H,1-2H3,(H,9,10)(H3,6,7,8)/p-1. The van der Waals surface area contributed by atoms with Crippen molar-refractivity contribution in [1.29, 1.82) is 0 Å². The number of nitrogens with one attached hydrogen (secondary N) is 1. The van der Waals surface area contributed by atoms with Crippen molar-refractivity contribution in [2.75, 3.05) is 7.05 Å². The van der Waals surface area contributed by atoms with Crippen LogP contribution in [0.1, 0.15) is 6.92 Å². The van der Waals surface area contributed by atoms with Gasteiger partial charge in [-0.1, -0.05) is 0 Å². The second-order valence-corrected chi connectivity index (χ2v) is 1.79. The second-order valence-electron chi connectivity index (χ2n) is 1.79. The van der Waals surface area contributed by atoms with Crippen molar-refractivity contribution in [3.05, 3.63) is 0 Å². The Kier molecular flexibility index (Phi) is 3.24. The number of carboxylic acids is 1. The molecule has 0 amide bonds. The molecule has 58 valence electrons. The summed E-state index contributed by atoms with van der Waals surface area (Å²) in [6.07, 6.45) is 0. The maximum atomic E-state index is 10.1. The lowest BCUT2D eigenvalue weighted by Gasteiger charge is -2.14. The zero-order chi connectivity index (χ0) is 8.15. The Morgan fingerprint density at radius 3 is 2.60 bits per heavy atom. The predicted molar refractivity (Wildman–Crippen MR) is 35.2 cm³/mol. The van der Waals surface area contributed by atoms with Gasteiger partial charge in [-0.15, -0.1) is 0 Å². The van der Waals surface area contributed by atoms with Gasteiger partial charge in [0.05, 0.1) is 12.0 Å². The normalized spacial score (nSPS) is 14.4. The molecule has 0 aromatic rings. The molecule has 0 bridgehead atoms. The minimum atomic E-state index is -1.20. The van der Waals surface area contributed by atoms with Gasteiger partial charge in [0.25, 0.3) is 0 Å². The number of rotatable bonds is 2. The van der Waals surface area contributed by atoms with Crippen LogP contribution in [-0.4, -0.2) is 25.0 Å². The fourth-order valence-electron chi connectivity index (χ4n) is 0.345. The Labute approximate surface area is 58.9 Å². The SMILES string of the molecule is CN=C(N)NC(C)C(=O)[O-]. The number of nitrogens with two attached hydrogens (primary N) is 1. The van der Waals surface area contributed by atoms with Crippen LogP contribution in [0.15, 0.2) is 4.99 Å². The largest absolute Gasteiger partial charge is 0.548 e. The highest BCUT2D eigenvalue weighted by molar-refractivity contribution is 5.83. The molecule has 1 unspecified atom stereocenters. The molecule has 0 saturated carbocycles. The zero-order valence-corrected chi connectivity index (χ0v) is 5.92. The number of carbonyl (C=O) groups is 1. The molecule has 0 spiro atoms. The molecule has 3 N–H and O–H groups in total. The van der Waals surface area contributed by atoms with E-state index >= 15 is 0 Å². The Hall–Kier alpha value is -1.26. The van der Waals surface area contributed by atoms with Crippen LogP contribution in [0.25, 0.3) is 0 Å². The van der Waals surface area contributed by atoms with Gasteiger partial charge in [0.1, 0.15) is 0 Å². The fourth-order valence-corrected chi connectivity index (χ4v) is 0.345. The van der Waals surface area contributed by atoms with E-state index in [1.807, 2.05) is 0 Å². The van der Waals surface area contributed by atoms with Crippen LogP contribution >= 0.6 is 0 Å². The Bertz CT molecular complexity index is 155. The number of carboxylic acid groups (broad SMARTS) is 1. The summed E-state index contributed by atoms with van der Waals surface area (Å²) in [5, 5.41) is 12.5. The van der Waals surface area contributed by atoms with Crippen molar-refractivity contribution in [3.63, 3.8) is 0 Å². The van der Waals surface area contributed by atoms with Crippen LogP contribution in [0, 0.1) is 0 Å². The number of hydrogen-bond acceptors (Lipinski definition) is 3. The molecule has 0 heterocycles. The van der Waals surface area contributed by atoms with Gasteiger partial charge < -0.3 is 21.0 Å². The molecule has 10 heavy (non-hydrogen) atoms. The van der Waals surface area contributed by atoms with Crippen LogP contribution in [0.2, 0.25) is 0 Å². The number of aliphatic imine (C=N–C) groups is 1. The lowest BCUT2D eigenvalue weighted by Crippen LogP contribution is -2.48. The first-order valence-electron chi connectivity index (χ1n) is 2.77. The van der Waals surface area contributed by atoms with Crippen molar-refractivity contribution in [3.8, 4) is 0 Å². The third-order valence-corrected chi connectivity index (χ3v) is 0.959. The van der Waals surface area contributed by atoms with Gasteiger partial charge in [-0.2, -0.15) is 0 Å². The molecule has 0 saturated heterocycles. The van der Waals surface area contributed by atoms with Gasteiger partial charge in [-0.25, -0.2) is 0 Å². The van der Waals surface area contributed by atoms with Crippen LogP contribution in [0.4, 0.5) is 0 Å². The summed E-state index contributed by atoms with van der Waals surface area (Å²) in [6.45, 7) is 1.42. The second kappa shape index (κ2) is 3.71. The van der Waals surface area contributed by atoms with Crippen molar-refractivity contribution in [2.24, 2.45) is 10.7 Å². The third kappa shape index (κ3) is 2.91. The van der Waals surface area contributed by atoms with Crippen molar-refractivity contribution in [2.45, 2.75) is 13.0 Å². The lowest BCUT2D eigenvalue weighted by atomic mass is 10.3. The minimum absolute atomic E-state index is 0.0942. The summed E-state index contributed by atoms with van der Waals surface area (Å²) < 4.78 is 0. The molecule has 1 atom stereocenters. The zero-order valence-electron chi connectivity index (χ0n) is 5.92. The average molecular weight is 144 g/mol. The molecular formula is C5H10N3O2-. The van der Waals surface area contributed by atoms with E-state index in [2.05, 4.69) is 10.3 Å². The molecule has 5 heteroatoms. The highest BCUT2D eigenvalue weighted by Crippen LogP contribution is 1.75. The van der Waals surface area contributed by atoms with Gasteiger partial charge in [0.2, 0.25) is 0 Å². The van der Waals surface area contributed by atoms with Crippen molar-refractivity contribution >= 4 is 11.9 Å². The molecule has 0 aliphatic heterocycles. The Morgan fingerprint density at radius 1 is 1.80 bits per heavy atom. The van der Waals surface area contributed by atoms with Crippen LogP contribution in [0.3, 0.4) is 0 Å². The summed E-state index contributed by atoms with van der Waals surface area (Å²) in [6, 6.07) is -0.802. The number of aliphatic carboxylic acids is 1. The quantitative estimate of drug-likeness (QED) is 0.335. The monoisotopic (exact) mass is 144 g/mol. The van der Waals surface area contributed by atoms with Crippen molar-refractivity contribution in [1.82, 2.24) is 5.32 Å². The van der Waals surface area contributed by atoms with E-state index in [0.29, 0.717) is 0 Å². The molecular weight excluding hydrogens is 134 g/mol. The Balaban J connectivity index is 3.80. The molecule has 0 rings (SSSR count). The predicted octanol–water partition coefficient (Wildman–Crippen LogP) is -2.34. The van der Waals surface area contributed by atoms with Gasteiger partial charge in [0.15, 0.2) is 5.96 Å². The highest BCUT2D eigenvalue weighted by atomic mass is 16.4. The number of hydrogen-bond donors (Lipinski definition) is 2. The molecule has 0 aromatic carbocycles. The van der Waals surface area contributed by atoms with E-state index in [-0.39, 0.29) is 5.96 Å². The first-order valence-corrected chi connectivity index (χ1v) is 2.77. The third-order valence-electron chi connectivity index (χ3n) is 0.959. The minimum Gasteiger partial charge on any atom is -0.548 e. The first-order chi connectivity index (χ1) is 4.57. The Morgan fingerprint density at radius 2 is 2.30 bits per heavy atom. The van der Waals surface area contributed by atoms with Crippen LogP contribution in [-0.2, 0) is 4.79 Å². The van der Waals surface area contributed by atoms with Gasteiger partial charge in [-0.05, 0) is 6.92 Å². The fraction of sp³-hybridized carbons (Fsp3) is 0.600. The van der Waals surface area contributed by atoms with E-state index in [1.54, 1.807) is 0 Å². The highest BCUT2D eigenvalue weighted by Gasteiger charge is 2.00. The van der Waals surface area contributed by atoms with Crippen LogP contribution in [0.5, 0.6) is 0 Å². The first kappa shape index (κ1) is 8.74. The van der Waals surface area contributed by atoms with Gasteiger partial charge in [0, 0.05) is 7.05 Å². The van der Waals surface area contributed by atoms with Gasteiger partial charge in [-0.3, -0.25) is 4.99 Å². The molecule has 0 aliphatic rings. The summed E-state index contributed by atoms with van der Waals surface area (Å²) in [7, 11) is 1.46. The van der Waals surface area contributed by atoms with E-state index in [9.17, 15) is 9.90 Å². The average Bonchev–Trinajstić information content (AvgIpc) is 1.87. The summed E-state index contributed by atoms with van der Waals surface area (Å²) in [5.41, 5.74) is 5.16. The summed E-state index contributed by atoms with van der Waals surface area (Å²) in [5.74, 6) is -1.11. The number of nitrogens with zero attached hydrogens (tertiary/aromatic N) is 1. The van der Waals surface area contributed by atoms with Crippen LogP contribution < -0.4 is 16.2 Å². The van der Waals surface area contributed by atoms with E-state index in [0.717, 1.165) is 0 Å². The molecule has 0 aliphatic carbocycles. The maximum Gasteiger partial charge on any atom is 0.188 e. The van der Waals surface area contributed by atoms with E-state index < -0.39 is 12.0 Å². The van der Waals surface area contributed by atoms with Gasteiger partial charge >= 0.3 is 0 Å². The number of carbonyl (C=O) groups excluding carboxylic acids is 1. The molecule has 0 aromatic heterocycles. The summed E-state index contributed by atoms with van der Waals surface area (Å²) >= 11 is 0. The smallest absolute Gasteiger partial charge is 0.188 e. The molecule has 5 nitrogen and oxygen atoms in total. The topological polar surface area (TPSA) is 90.5 Å². The maximum absolute atomic E-state index is 10.1. The van der Waals surface area contributed by atoms with E-state index in [4.69, 9.17) is 5.73 Å². The number of guanidine groups is 1. The lowest BCUT2D eigenvalue weighted by molar-refractivity contribution is -0.307. The van der Waals surface area contributed by atoms with Crippen molar-refractivity contribution < 1.29 is 9.90 Å². The van der Waals surface area contributed by atoms with E-state index in [1.165, 1.54) is 14.0 Å². The summed E-state index contributed by atoms with van der Waals surface area (Å²) in [4.78, 5) is 13.6.